The Balaban J connectivity index is -0.0000000200. The summed E-state index contributed by atoms with van der Waals surface area (Å²) in [6.45, 7) is -0.500. The van der Waals surface area contributed by atoms with Crippen molar-refractivity contribution in [3.8, 4) is 0 Å². The van der Waals surface area contributed by atoms with Crippen molar-refractivity contribution in [2.75, 3.05) is 0 Å². The Bertz CT molecular complexity index is 14.4. The van der Waals surface area contributed by atoms with Crippen molar-refractivity contribution in [2.45, 2.75) is 0 Å². The summed E-state index contributed by atoms with van der Waals surface area (Å²) >= 11 is 0. The van der Waals surface area contributed by atoms with Crippen LogP contribution in [0.15, 0.2) is 0 Å². The van der Waals surface area contributed by atoms with Crippen LogP contribution >= 0.6 is 0 Å². The van der Waals surface area contributed by atoms with Gasteiger partial charge in [-0.25, -0.2) is 0 Å². The third-order valence-corrected chi connectivity index (χ3v) is 0. The first kappa shape index (κ1) is 20.2. The second kappa shape index (κ2) is 37.5. The first-order chi connectivity index (χ1) is 1.41. The van der Waals surface area contributed by atoms with Gasteiger partial charge in [-0.05, 0) is 0 Å². The van der Waals surface area contributed by atoms with Gasteiger partial charge < -0.3 is 15.4 Å². The van der Waals surface area contributed by atoms with Crippen LogP contribution < -0.4 is 5.11 Å². The third kappa shape index (κ3) is 10800. The molecule has 27 valence electrons. The molecule has 0 saturated heterocycles. The second-order valence-corrected chi connectivity index (χ2v) is 0.0962. The SMILES string of the molecule is O=C[O-].[Al+2].[OH-]. The molecule has 0 aromatic heterocycles. The van der Waals surface area contributed by atoms with E-state index < -0.39 is 6.47 Å². The normalized spacial score (nSPS) is 2.40. The van der Waals surface area contributed by atoms with Crippen LogP contribution in [0.2, 0.25) is 0 Å². The fourth-order valence-corrected chi connectivity index (χ4v) is 0. The van der Waals surface area contributed by atoms with E-state index in [9.17, 15) is 0 Å². The molecule has 0 aliphatic heterocycles. The number of carboxylic acid groups (broad SMARTS) is 1. The molecule has 0 amide bonds. The first-order valence-corrected chi connectivity index (χ1v) is 0.471. The van der Waals surface area contributed by atoms with Crippen LogP contribution in [0, 0.1) is 0 Å². The van der Waals surface area contributed by atoms with E-state index in [1.807, 2.05) is 0 Å². The summed E-state index contributed by atoms with van der Waals surface area (Å²) < 4.78 is 0. The number of hydrogen-bond donors (Lipinski definition) is 0. The standard InChI is InChI=1S/CH2O2.Al.H2O/c2-1-3;;/h1H,(H,2,3);;1H2/q;+2;/p-2. The quantitative estimate of drug-likeness (QED) is 0.250. The van der Waals surface area contributed by atoms with Crippen molar-refractivity contribution >= 4 is 23.8 Å². The van der Waals surface area contributed by atoms with Crippen molar-refractivity contribution < 1.29 is 15.4 Å². The minimum absolute atomic E-state index is 0. The van der Waals surface area contributed by atoms with Gasteiger partial charge in [-0.1, -0.05) is 0 Å². The topological polar surface area (TPSA) is 70.1 Å². The molecule has 0 spiro atoms. The summed E-state index contributed by atoms with van der Waals surface area (Å²) in [7, 11) is 0. The Morgan fingerprint density at radius 1 is 1.60 bits per heavy atom. The molecule has 3 nitrogen and oxygen atoms in total. The monoisotopic (exact) mass is 89.0 g/mol. The van der Waals surface area contributed by atoms with Crippen LogP contribution in [0.3, 0.4) is 0 Å². The molecule has 0 unspecified atom stereocenters. The average molecular weight is 89.0 g/mol. The number of hydrogen-bond acceptors (Lipinski definition) is 3. The maximum Gasteiger partial charge on any atom is 2.00 e. The predicted molar refractivity (Wildman–Crippen MR) is 13.8 cm³/mol. The zero-order valence-electron chi connectivity index (χ0n) is 2.42. The smallest absolute Gasteiger partial charge is 0.870 e. The van der Waals surface area contributed by atoms with Crippen molar-refractivity contribution in [1.29, 1.82) is 0 Å². The maximum atomic E-state index is 8.25. The third-order valence-electron chi connectivity index (χ3n) is 0. The zero-order valence-corrected chi connectivity index (χ0v) is 3.57. The summed E-state index contributed by atoms with van der Waals surface area (Å²) in [5, 5.41) is 8.25. The Morgan fingerprint density at radius 3 is 1.60 bits per heavy atom. The molecule has 4 heteroatoms. The molecule has 0 heterocycles. The van der Waals surface area contributed by atoms with Gasteiger partial charge in [-0.2, -0.15) is 0 Å². The molecule has 0 aliphatic carbocycles. The molecule has 0 atom stereocenters. The maximum absolute atomic E-state index is 8.25. The van der Waals surface area contributed by atoms with Gasteiger partial charge in [0, 0.05) is 6.47 Å². The van der Waals surface area contributed by atoms with Crippen molar-refractivity contribution in [1.82, 2.24) is 0 Å². The fraction of sp³-hybridized carbons (Fsp3) is 0. The molecule has 1 radical (unpaired) electrons. The van der Waals surface area contributed by atoms with Gasteiger partial charge in [0.2, 0.25) is 0 Å². The molecule has 0 aromatic carbocycles. The summed E-state index contributed by atoms with van der Waals surface area (Å²) in [6, 6.07) is 0. The van der Waals surface area contributed by atoms with Crippen LogP contribution in [0.5, 0.6) is 0 Å². The van der Waals surface area contributed by atoms with Gasteiger partial charge >= 0.3 is 17.4 Å². The average Bonchev–Trinajstić information content (AvgIpc) is 0.918. The van der Waals surface area contributed by atoms with E-state index in [4.69, 9.17) is 9.90 Å². The van der Waals surface area contributed by atoms with E-state index in [-0.39, 0.29) is 22.8 Å². The van der Waals surface area contributed by atoms with Crippen molar-refractivity contribution in [3.63, 3.8) is 0 Å². The van der Waals surface area contributed by atoms with E-state index in [0.29, 0.717) is 0 Å². The van der Waals surface area contributed by atoms with Crippen LogP contribution in [0.25, 0.3) is 0 Å². The van der Waals surface area contributed by atoms with E-state index in [0.717, 1.165) is 0 Å². The molecule has 0 bridgehead atoms. The summed E-state index contributed by atoms with van der Waals surface area (Å²) in [5.41, 5.74) is 0. The molecule has 0 saturated carbocycles. The molecular formula is CH2AlO3. The molecule has 5 heavy (non-hydrogen) atoms. The predicted octanol–water partition coefficient (Wildman–Crippen LogP) is -2.19. The van der Waals surface area contributed by atoms with E-state index in [1.54, 1.807) is 0 Å². The minimum Gasteiger partial charge on any atom is -0.870 e. The molecule has 0 rings (SSSR count). The van der Waals surface area contributed by atoms with Crippen LogP contribution in [-0.4, -0.2) is 29.3 Å². The molecule has 1 N–H and O–H groups in total. The Kier molecular flexibility index (Phi) is 152. The fourth-order valence-electron chi connectivity index (χ4n) is 0. The van der Waals surface area contributed by atoms with Crippen LogP contribution in [0.1, 0.15) is 0 Å². The van der Waals surface area contributed by atoms with Crippen LogP contribution in [-0.2, 0) is 4.79 Å². The molecule has 0 fully saturated rings. The van der Waals surface area contributed by atoms with E-state index in [1.165, 1.54) is 0 Å². The second-order valence-electron chi connectivity index (χ2n) is 0.0962. The Hall–Kier alpha value is -0.0375. The van der Waals surface area contributed by atoms with Crippen LogP contribution in [0.4, 0.5) is 0 Å². The summed E-state index contributed by atoms with van der Waals surface area (Å²) in [5.74, 6) is 0. The summed E-state index contributed by atoms with van der Waals surface area (Å²) in [6.07, 6.45) is 0. The number of carbonyl (C=O) groups excluding carboxylic acids is 1. The Labute approximate surface area is 40.0 Å². The largest absolute Gasteiger partial charge is 2.00 e. The van der Waals surface area contributed by atoms with Gasteiger partial charge in [-0.15, -0.1) is 0 Å². The Morgan fingerprint density at radius 2 is 1.60 bits per heavy atom. The van der Waals surface area contributed by atoms with Crippen molar-refractivity contribution in [3.05, 3.63) is 0 Å². The van der Waals surface area contributed by atoms with Gasteiger partial charge in [0.1, 0.15) is 0 Å². The molecule has 0 aliphatic rings. The minimum atomic E-state index is -0.500. The molecular weight excluding hydrogens is 87.0 g/mol. The van der Waals surface area contributed by atoms with Gasteiger partial charge in [0.25, 0.3) is 0 Å². The van der Waals surface area contributed by atoms with Gasteiger partial charge in [0.05, 0.1) is 0 Å². The number of rotatable bonds is 0. The van der Waals surface area contributed by atoms with Gasteiger partial charge in [-0.3, -0.25) is 0 Å². The van der Waals surface area contributed by atoms with E-state index >= 15 is 0 Å². The molecule has 0 aromatic rings. The zero-order chi connectivity index (χ0) is 2.71. The van der Waals surface area contributed by atoms with Crippen molar-refractivity contribution in [2.24, 2.45) is 0 Å². The van der Waals surface area contributed by atoms with Gasteiger partial charge in [0.15, 0.2) is 0 Å². The number of carbonyl (C=O) groups is 1. The van der Waals surface area contributed by atoms with E-state index in [2.05, 4.69) is 0 Å². The first-order valence-electron chi connectivity index (χ1n) is 0.471. The summed E-state index contributed by atoms with van der Waals surface area (Å²) in [4.78, 5) is 8.25.